The molecule has 1 aromatic carbocycles. The van der Waals surface area contributed by atoms with Crippen LogP contribution in [0.5, 0.6) is 0 Å². The topological polar surface area (TPSA) is 78.4 Å². The average molecular weight is 264 g/mol. The molecule has 0 aliphatic rings. The lowest BCUT2D eigenvalue weighted by atomic mass is 10.1. The van der Waals surface area contributed by atoms with Crippen molar-refractivity contribution in [3.05, 3.63) is 30.3 Å². The summed E-state index contributed by atoms with van der Waals surface area (Å²) in [6.45, 7) is 2.64. The molecular formula is C14H20N2O3. The molecule has 0 heterocycles. The number of carboxylic acids is 1. The van der Waals surface area contributed by atoms with Gasteiger partial charge in [-0.1, -0.05) is 25.1 Å². The summed E-state index contributed by atoms with van der Waals surface area (Å²) in [5.74, 6) is -0.730. The average Bonchev–Trinajstić information content (AvgIpc) is 2.41. The Balaban J connectivity index is 2.16. The van der Waals surface area contributed by atoms with Gasteiger partial charge in [-0.3, -0.25) is 9.59 Å². The monoisotopic (exact) mass is 264 g/mol. The van der Waals surface area contributed by atoms with Crippen LogP contribution >= 0.6 is 0 Å². The van der Waals surface area contributed by atoms with Crippen molar-refractivity contribution in [1.29, 1.82) is 0 Å². The zero-order valence-electron chi connectivity index (χ0n) is 11.1. The van der Waals surface area contributed by atoms with E-state index in [0.717, 1.165) is 5.69 Å². The summed E-state index contributed by atoms with van der Waals surface area (Å²) < 4.78 is 0. The van der Waals surface area contributed by atoms with Gasteiger partial charge in [0.2, 0.25) is 5.91 Å². The number of nitrogens with one attached hydrogen (secondary N) is 2. The minimum absolute atomic E-state index is 0.0916. The Bertz CT molecular complexity index is 406. The van der Waals surface area contributed by atoms with Gasteiger partial charge in [0.1, 0.15) is 0 Å². The Morgan fingerprint density at radius 1 is 1.26 bits per heavy atom. The highest BCUT2D eigenvalue weighted by Crippen LogP contribution is 2.05. The minimum atomic E-state index is -0.802. The number of anilines is 1. The first kappa shape index (κ1) is 15.0. The standard InChI is InChI=1S/C14H20N2O3/c1-11(7-8-14(18)19)9-16-13(17)10-15-12-5-3-2-4-6-12/h2-6,11,15H,7-10H2,1H3,(H,16,17)(H,18,19). The Morgan fingerprint density at radius 2 is 1.95 bits per heavy atom. The van der Waals surface area contributed by atoms with Gasteiger partial charge < -0.3 is 15.7 Å². The van der Waals surface area contributed by atoms with Gasteiger partial charge in [-0.25, -0.2) is 0 Å². The van der Waals surface area contributed by atoms with Crippen molar-refractivity contribution in [2.24, 2.45) is 5.92 Å². The summed E-state index contributed by atoms with van der Waals surface area (Å²) in [6, 6.07) is 9.49. The molecule has 0 aliphatic carbocycles. The smallest absolute Gasteiger partial charge is 0.303 e. The molecular weight excluding hydrogens is 244 g/mol. The van der Waals surface area contributed by atoms with E-state index in [1.807, 2.05) is 37.3 Å². The van der Waals surface area contributed by atoms with Gasteiger partial charge >= 0.3 is 5.97 Å². The lowest BCUT2D eigenvalue weighted by molar-refractivity contribution is -0.137. The quantitative estimate of drug-likeness (QED) is 0.668. The number of hydrogen-bond donors (Lipinski definition) is 3. The van der Waals surface area contributed by atoms with E-state index in [0.29, 0.717) is 13.0 Å². The number of benzene rings is 1. The zero-order chi connectivity index (χ0) is 14.1. The number of para-hydroxylation sites is 1. The van der Waals surface area contributed by atoms with Crippen molar-refractivity contribution in [1.82, 2.24) is 5.32 Å². The molecule has 1 aromatic rings. The largest absolute Gasteiger partial charge is 0.481 e. The van der Waals surface area contributed by atoms with Crippen LogP contribution in [0.25, 0.3) is 0 Å². The van der Waals surface area contributed by atoms with Crippen LogP contribution in [-0.4, -0.2) is 30.1 Å². The predicted octanol–water partition coefficient (Wildman–Crippen LogP) is 1.72. The van der Waals surface area contributed by atoms with Gasteiger partial charge in [0, 0.05) is 18.7 Å². The highest BCUT2D eigenvalue weighted by molar-refractivity contribution is 5.80. The van der Waals surface area contributed by atoms with Crippen molar-refractivity contribution >= 4 is 17.6 Å². The molecule has 1 atom stereocenters. The van der Waals surface area contributed by atoms with Crippen molar-refractivity contribution in [3.8, 4) is 0 Å². The van der Waals surface area contributed by atoms with E-state index in [2.05, 4.69) is 10.6 Å². The predicted molar refractivity (Wildman–Crippen MR) is 74.0 cm³/mol. The summed E-state index contributed by atoms with van der Waals surface area (Å²) in [4.78, 5) is 22.0. The Labute approximate surface area is 113 Å². The van der Waals surface area contributed by atoms with Crippen LogP contribution < -0.4 is 10.6 Å². The van der Waals surface area contributed by atoms with E-state index in [-0.39, 0.29) is 24.8 Å². The molecule has 1 amide bonds. The second-order valence-electron chi connectivity index (χ2n) is 4.56. The summed E-state index contributed by atoms with van der Waals surface area (Å²) in [5.41, 5.74) is 0.900. The molecule has 1 rings (SSSR count). The fourth-order valence-electron chi connectivity index (χ4n) is 1.56. The van der Waals surface area contributed by atoms with Gasteiger partial charge in [0.05, 0.1) is 6.54 Å². The Morgan fingerprint density at radius 3 is 2.58 bits per heavy atom. The molecule has 104 valence electrons. The number of aliphatic carboxylic acids is 1. The number of carboxylic acid groups (broad SMARTS) is 1. The molecule has 0 spiro atoms. The van der Waals surface area contributed by atoms with Gasteiger partial charge in [-0.2, -0.15) is 0 Å². The zero-order valence-corrected chi connectivity index (χ0v) is 11.1. The number of hydrogen-bond acceptors (Lipinski definition) is 3. The summed E-state index contributed by atoms with van der Waals surface area (Å²) in [7, 11) is 0. The van der Waals surface area contributed by atoms with Crippen LogP contribution in [0, 0.1) is 5.92 Å². The van der Waals surface area contributed by atoms with Crippen LogP contribution in [-0.2, 0) is 9.59 Å². The Kier molecular flexibility index (Phi) is 6.43. The number of carbonyl (C=O) groups excluding carboxylic acids is 1. The molecule has 0 bridgehead atoms. The van der Waals surface area contributed by atoms with Gasteiger partial charge in [0.25, 0.3) is 0 Å². The SMILES string of the molecule is CC(CCC(=O)O)CNC(=O)CNc1ccccc1. The maximum Gasteiger partial charge on any atom is 0.303 e. The minimum Gasteiger partial charge on any atom is -0.481 e. The highest BCUT2D eigenvalue weighted by Gasteiger charge is 2.07. The summed E-state index contributed by atoms with van der Waals surface area (Å²) in [6.07, 6.45) is 0.709. The fraction of sp³-hybridized carbons (Fsp3) is 0.429. The fourth-order valence-corrected chi connectivity index (χ4v) is 1.56. The molecule has 0 saturated heterocycles. The maximum absolute atomic E-state index is 11.6. The van der Waals surface area contributed by atoms with E-state index in [1.54, 1.807) is 0 Å². The summed E-state index contributed by atoms with van der Waals surface area (Å²) in [5, 5.41) is 14.3. The number of carbonyl (C=O) groups is 2. The van der Waals surface area contributed by atoms with E-state index < -0.39 is 5.97 Å². The molecule has 19 heavy (non-hydrogen) atoms. The first-order valence-electron chi connectivity index (χ1n) is 6.35. The molecule has 0 saturated carbocycles. The molecule has 0 radical (unpaired) electrons. The van der Waals surface area contributed by atoms with Gasteiger partial charge in [-0.15, -0.1) is 0 Å². The molecule has 5 nitrogen and oxygen atoms in total. The third-order valence-electron chi connectivity index (χ3n) is 2.73. The molecule has 1 unspecified atom stereocenters. The van der Waals surface area contributed by atoms with Crippen LogP contribution in [0.4, 0.5) is 5.69 Å². The number of rotatable bonds is 8. The third-order valence-corrected chi connectivity index (χ3v) is 2.73. The first-order chi connectivity index (χ1) is 9.08. The lowest BCUT2D eigenvalue weighted by Crippen LogP contribution is -2.33. The molecule has 0 fully saturated rings. The molecule has 0 aliphatic heterocycles. The van der Waals surface area contributed by atoms with Gasteiger partial charge in [0.15, 0.2) is 0 Å². The highest BCUT2D eigenvalue weighted by atomic mass is 16.4. The van der Waals surface area contributed by atoms with E-state index in [9.17, 15) is 9.59 Å². The van der Waals surface area contributed by atoms with Crippen molar-refractivity contribution in [2.45, 2.75) is 19.8 Å². The summed E-state index contributed by atoms with van der Waals surface area (Å²) >= 11 is 0. The van der Waals surface area contributed by atoms with Crippen molar-refractivity contribution in [3.63, 3.8) is 0 Å². The van der Waals surface area contributed by atoms with Crippen LogP contribution in [0.15, 0.2) is 30.3 Å². The van der Waals surface area contributed by atoms with Crippen LogP contribution in [0.1, 0.15) is 19.8 Å². The van der Waals surface area contributed by atoms with Gasteiger partial charge in [-0.05, 0) is 24.5 Å². The second-order valence-corrected chi connectivity index (χ2v) is 4.56. The van der Waals surface area contributed by atoms with Crippen LogP contribution in [0.2, 0.25) is 0 Å². The van der Waals surface area contributed by atoms with Crippen LogP contribution in [0.3, 0.4) is 0 Å². The second kappa shape index (κ2) is 8.13. The normalized spacial score (nSPS) is 11.6. The van der Waals surface area contributed by atoms with Crippen molar-refractivity contribution < 1.29 is 14.7 Å². The lowest BCUT2D eigenvalue weighted by Gasteiger charge is -2.12. The van der Waals surface area contributed by atoms with Crippen molar-refractivity contribution in [2.75, 3.05) is 18.4 Å². The maximum atomic E-state index is 11.6. The van der Waals surface area contributed by atoms with E-state index >= 15 is 0 Å². The molecule has 3 N–H and O–H groups in total. The first-order valence-corrected chi connectivity index (χ1v) is 6.35. The molecule has 5 heteroatoms. The molecule has 0 aromatic heterocycles. The van der Waals surface area contributed by atoms with E-state index in [1.165, 1.54) is 0 Å². The van der Waals surface area contributed by atoms with E-state index in [4.69, 9.17) is 5.11 Å². The third kappa shape index (κ3) is 7.08. The number of amides is 1. The Hall–Kier alpha value is -2.04.